The van der Waals surface area contributed by atoms with Gasteiger partial charge in [-0.3, -0.25) is 17.5 Å². The predicted molar refractivity (Wildman–Crippen MR) is 30.4 cm³/mol. The smallest absolute Gasteiger partial charge is 0.759 e. The van der Waals surface area contributed by atoms with E-state index in [1.165, 1.54) is 0 Å². The molecule has 12 heteroatoms. The maximum absolute atomic E-state index is 8.74. The van der Waals surface area contributed by atoms with E-state index >= 15 is 0 Å². The van der Waals surface area contributed by atoms with Gasteiger partial charge in [-0.15, -0.1) is 0 Å². The molecule has 0 aromatic heterocycles. The van der Waals surface area contributed by atoms with E-state index in [4.69, 9.17) is 35.0 Å². The number of hydrogen-bond acceptors (Lipinski definition) is 6. The van der Waals surface area contributed by atoms with E-state index in [2.05, 4.69) is 0 Å². The van der Waals surface area contributed by atoms with Crippen LogP contribution in [0.1, 0.15) is 0 Å². The van der Waals surface area contributed by atoms with Crippen molar-refractivity contribution >= 4 is 43.9 Å². The molecule has 0 fully saturated rings. The first-order valence-electron chi connectivity index (χ1n) is 1.37. The van der Waals surface area contributed by atoms with Crippen molar-refractivity contribution in [3.8, 4) is 0 Å². The summed E-state index contributed by atoms with van der Waals surface area (Å²) < 4.78 is 65.7. The van der Waals surface area contributed by atoms with Crippen LogP contribution in [0, 0.1) is 0 Å². The Morgan fingerprint density at radius 2 is 0.917 bits per heavy atom. The number of hydrogen-bond donors (Lipinski definition) is 2. The number of rotatable bonds is 0. The van der Waals surface area contributed by atoms with Gasteiger partial charge in [0, 0.05) is 27.5 Å². The van der Waals surface area contributed by atoms with E-state index in [0.29, 0.717) is 0 Å². The Hall–Kier alpha value is 1.03. The first-order valence-corrected chi connectivity index (χ1v) is 4.10. The fraction of sp³-hybridized carbons (Fsp3) is 0. The maximum Gasteiger partial charge on any atom is 2.00 e. The van der Waals surface area contributed by atoms with Crippen molar-refractivity contribution in [3.63, 3.8) is 0 Å². The van der Waals surface area contributed by atoms with Gasteiger partial charge in [0.2, 0.25) is 0 Å². The van der Waals surface area contributed by atoms with E-state index in [0.717, 1.165) is 0 Å². The quantitative estimate of drug-likeness (QED) is 0.282. The monoisotopic (exact) mass is 274 g/mol. The van der Waals surface area contributed by atoms with Crippen LogP contribution in [-0.2, 0) is 37.9 Å². The third-order valence-corrected chi connectivity index (χ3v) is 0. The Bertz CT molecular complexity index is 213. The average Bonchev–Trinajstić information content (AvgIpc) is 1.12. The minimum atomic E-state index is -5.17. The molecule has 0 rings (SSSR count). The topological polar surface area (TPSA) is 155 Å². The van der Waals surface area contributed by atoms with Crippen molar-refractivity contribution in [1.29, 1.82) is 0 Å². The molecule has 0 spiro atoms. The molecule has 0 saturated heterocycles. The van der Waals surface area contributed by atoms with E-state index in [9.17, 15) is 0 Å². The zero-order valence-electron chi connectivity index (χ0n) is 5.22. The van der Waals surface area contributed by atoms with E-state index in [1.807, 2.05) is 0 Å². The molecule has 0 aliphatic carbocycles. The first kappa shape index (κ1) is 23.1. The molecule has 0 bridgehead atoms. The average molecular weight is 274 g/mol. The minimum absolute atomic E-state index is 0. The van der Waals surface area contributed by atoms with E-state index in [-0.39, 0.29) is 40.1 Å². The van der Waals surface area contributed by atoms with Gasteiger partial charge in [-0.25, -0.2) is 0 Å². The second-order valence-electron chi connectivity index (χ2n) is 0.856. The molecule has 0 saturated carbocycles. The molecule has 0 amide bonds. The molecule has 2 N–H and O–H groups in total. The molecule has 0 aliphatic rings. The summed E-state index contributed by atoms with van der Waals surface area (Å²) in [5, 5.41) is 0. The second kappa shape index (κ2) is 8.62. The Balaban J connectivity index is -0.0000000457. The molecule has 0 atom stereocenters. The van der Waals surface area contributed by atoms with Crippen LogP contribution in [0.4, 0.5) is 0 Å². The van der Waals surface area contributed by atoms with Crippen LogP contribution in [0.25, 0.3) is 0 Å². The molecule has 0 radical (unpaired) electrons. The molecule has 0 unspecified atom stereocenters. The predicted octanol–water partition coefficient (Wildman–Crippen LogP) is -2.37. The van der Waals surface area contributed by atoms with E-state index in [1.54, 1.807) is 0 Å². The van der Waals surface area contributed by atoms with E-state index < -0.39 is 20.8 Å². The summed E-state index contributed by atoms with van der Waals surface area (Å²) in [6.45, 7) is 0. The summed E-state index contributed by atoms with van der Waals surface area (Å²) in [6, 6.07) is 0. The van der Waals surface area contributed by atoms with Gasteiger partial charge < -0.3 is 9.11 Å². The molecule has 72 valence electrons. The van der Waals surface area contributed by atoms with Crippen LogP contribution < -0.4 is 0 Å². The minimum Gasteiger partial charge on any atom is -0.759 e. The van der Waals surface area contributed by atoms with Crippen LogP contribution >= 0.6 is 0 Å². The summed E-state index contributed by atoms with van der Waals surface area (Å²) in [5.41, 5.74) is 0. The normalized spacial score (nSPS) is 9.67. The molecule has 0 heterocycles. The Morgan fingerprint density at radius 1 is 0.917 bits per heavy atom. The van der Waals surface area contributed by atoms with Crippen LogP contribution in [0.3, 0.4) is 0 Å². The zero-order chi connectivity index (χ0) is 9.00. The van der Waals surface area contributed by atoms with Gasteiger partial charge in [-0.1, -0.05) is 0 Å². The van der Waals surface area contributed by atoms with Crippen molar-refractivity contribution in [2.75, 3.05) is 0 Å². The van der Waals surface area contributed by atoms with Crippen molar-refractivity contribution in [2.24, 2.45) is 0 Å². The van der Waals surface area contributed by atoms with Gasteiger partial charge in [-0.05, 0) is 0 Å². The molecule has 0 aromatic rings. The van der Waals surface area contributed by atoms with Crippen LogP contribution in [-0.4, -0.2) is 58.1 Å². The molecular weight excluding hydrogens is 272 g/mol. The molecule has 0 aliphatic heterocycles. The van der Waals surface area contributed by atoms with Gasteiger partial charge >= 0.3 is 33.5 Å². The fourth-order valence-corrected chi connectivity index (χ4v) is 0. The zero-order valence-corrected chi connectivity index (χ0v) is 9.37. The van der Waals surface area contributed by atoms with Crippen LogP contribution in [0.15, 0.2) is 0 Å². The second-order valence-corrected chi connectivity index (χ2v) is 2.57. The van der Waals surface area contributed by atoms with Crippen molar-refractivity contribution in [1.82, 2.24) is 0 Å². The third-order valence-electron chi connectivity index (χ3n) is 0. The van der Waals surface area contributed by atoms with Crippen molar-refractivity contribution < 1.29 is 52.1 Å². The van der Waals surface area contributed by atoms with Crippen LogP contribution in [0.2, 0.25) is 0 Å². The summed E-state index contributed by atoms with van der Waals surface area (Å²) >= 11 is 0. The summed E-state index contributed by atoms with van der Waals surface area (Å²) in [4.78, 5) is 0. The van der Waals surface area contributed by atoms with Gasteiger partial charge in [0.1, 0.15) is 0 Å². The standard InChI is InChI=1S/Fe.Mg.2H2O4S/c;;2*1-5(2,3)4/h;;2*(H2,1,2,3,4)/q;+2;;/p-2. The molecule has 12 heavy (non-hydrogen) atoms. The van der Waals surface area contributed by atoms with Crippen molar-refractivity contribution in [2.45, 2.75) is 0 Å². The Kier molecular flexibility index (Phi) is 16.6. The largest absolute Gasteiger partial charge is 2.00 e. The molecule has 8 nitrogen and oxygen atoms in total. The molecular formula is H2FeMgO8S2. The summed E-state index contributed by atoms with van der Waals surface area (Å²) in [5.74, 6) is 0. The Morgan fingerprint density at radius 3 is 0.917 bits per heavy atom. The summed E-state index contributed by atoms with van der Waals surface area (Å²) in [6.07, 6.45) is 0. The van der Waals surface area contributed by atoms with Gasteiger partial charge in [0.25, 0.3) is 0 Å². The fourth-order valence-electron chi connectivity index (χ4n) is 0. The SMILES string of the molecule is O=S(=O)(O)O.O=S(=O)([O-])[O-].[Fe].[Mg+2]. The maximum atomic E-state index is 8.74. The van der Waals surface area contributed by atoms with Gasteiger partial charge in [-0.2, -0.15) is 8.42 Å². The summed E-state index contributed by atoms with van der Waals surface area (Å²) in [7, 11) is -9.83. The van der Waals surface area contributed by atoms with Gasteiger partial charge in [0.05, 0.1) is 0 Å². The third kappa shape index (κ3) is 1050. The van der Waals surface area contributed by atoms with Crippen LogP contribution in [0.5, 0.6) is 0 Å². The molecule has 0 aromatic carbocycles. The van der Waals surface area contributed by atoms with Crippen molar-refractivity contribution in [3.05, 3.63) is 0 Å². The first-order chi connectivity index (χ1) is 4.00. The van der Waals surface area contributed by atoms with Gasteiger partial charge in [0.15, 0.2) is 0 Å². The Labute approximate surface area is 95.5 Å².